The number of nitrogens with zero attached hydrogens (tertiary/aromatic N) is 2. The largest absolute Gasteiger partial charge is 0.747 e. The molecule has 1 unspecified atom stereocenters. The number of hydrogen-bond acceptors (Lipinski definition) is 6. The van der Waals surface area contributed by atoms with Crippen molar-refractivity contribution in [3.8, 4) is 5.75 Å². The number of fused-ring (bicyclic) bond motifs is 2. The summed E-state index contributed by atoms with van der Waals surface area (Å²) in [5, 5.41) is 3.90. The Balaban J connectivity index is 1.96. The van der Waals surface area contributed by atoms with Gasteiger partial charge in [-0.15, -0.1) is 4.89 Å². The minimum atomic E-state index is -2.66. The molecule has 6 nitrogen and oxygen atoms in total. The first-order chi connectivity index (χ1) is 8.72. The Morgan fingerprint density at radius 2 is 2.17 bits per heavy atom. The van der Waals surface area contributed by atoms with E-state index in [1.54, 1.807) is 30.6 Å². The first-order valence-corrected chi connectivity index (χ1v) is 6.91. The van der Waals surface area contributed by atoms with E-state index in [0.29, 0.717) is 11.6 Å². The standard InChI is InChI=1S/C10H6N3O3PS/c14-17(15)16-6-1-2-8-7(5-6)13-9-10(18-8)12-4-3-11-9/h1-5H,(H-,11,13,14,15)/p+1. The van der Waals surface area contributed by atoms with E-state index >= 15 is 0 Å². The van der Waals surface area contributed by atoms with Crippen LogP contribution < -0.4 is 9.84 Å². The second-order valence-corrected chi connectivity index (χ2v) is 5.11. The second kappa shape index (κ2) is 4.53. The van der Waals surface area contributed by atoms with Crippen LogP contribution in [0.5, 0.6) is 5.75 Å². The molecule has 1 aliphatic rings. The third kappa shape index (κ3) is 2.15. The fourth-order valence-corrected chi connectivity index (χ4v) is 2.73. The van der Waals surface area contributed by atoms with Gasteiger partial charge in [-0.05, 0) is 12.1 Å². The van der Waals surface area contributed by atoms with Gasteiger partial charge in [-0.1, -0.05) is 11.8 Å². The summed E-state index contributed by atoms with van der Waals surface area (Å²) in [6.45, 7) is 0. The van der Waals surface area contributed by atoms with Crippen LogP contribution >= 0.6 is 20.0 Å². The maximum Gasteiger partial charge on any atom is 0.747 e. The van der Waals surface area contributed by atoms with Crippen LogP contribution in [0.3, 0.4) is 0 Å². The van der Waals surface area contributed by atoms with E-state index in [1.165, 1.54) is 11.8 Å². The molecule has 1 aliphatic heterocycles. The molecule has 2 heterocycles. The van der Waals surface area contributed by atoms with Crippen LogP contribution in [0.4, 0.5) is 11.5 Å². The molecule has 3 rings (SSSR count). The Morgan fingerprint density at radius 3 is 3.00 bits per heavy atom. The summed E-state index contributed by atoms with van der Waals surface area (Å²) >= 11 is 1.48. The Kier molecular flexibility index (Phi) is 2.87. The molecule has 2 N–H and O–H groups in total. The van der Waals surface area contributed by atoms with Gasteiger partial charge in [0.2, 0.25) is 0 Å². The molecule has 1 aromatic heterocycles. The predicted octanol–water partition coefficient (Wildman–Crippen LogP) is 2.71. The van der Waals surface area contributed by atoms with Gasteiger partial charge in [0.25, 0.3) is 0 Å². The van der Waals surface area contributed by atoms with Crippen molar-refractivity contribution in [1.82, 2.24) is 9.97 Å². The molecule has 1 atom stereocenters. The van der Waals surface area contributed by atoms with Crippen LogP contribution in [0.2, 0.25) is 0 Å². The normalized spacial score (nSPS) is 13.1. The third-order valence-electron chi connectivity index (χ3n) is 2.26. The molecule has 2 aromatic rings. The zero-order valence-corrected chi connectivity index (χ0v) is 10.6. The number of nitrogens with one attached hydrogen (secondary N) is 1. The molecule has 0 fully saturated rings. The average molecular weight is 280 g/mol. The van der Waals surface area contributed by atoms with Gasteiger partial charge in [-0.3, -0.25) is 0 Å². The summed E-state index contributed by atoms with van der Waals surface area (Å²) in [5.41, 5.74) is 0.780. The van der Waals surface area contributed by atoms with E-state index in [1.807, 2.05) is 0 Å². The van der Waals surface area contributed by atoms with E-state index in [2.05, 4.69) is 15.3 Å². The molecule has 0 saturated carbocycles. The van der Waals surface area contributed by atoms with Crippen molar-refractivity contribution in [2.24, 2.45) is 0 Å². The smallest absolute Gasteiger partial charge is 0.337 e. The lowest BCUT2D eigenvalue weighted by Gasteiger charge is -2.18. The first-order valence-electron chi connectivity index (χ1n) is 4.96. The molecule has 90 valence electrons. The maximum absolute atomic E-state index is 10.6. The van der Waals surface area contributed by atoms with Gasteiger partial charge >= 0.3 is 8.25 Å². The number of benzene rings is 1. The summed E-state index contributed by atoms with van der Waals surface area (Å²) in [6.07, 6.45) is 3.23. The molecule has 18 heavy (non-hydrogen) atoms. The second-order valence-electron chi connectivity index (χ2n) is 3.42. The van der Waals surface area contributed by atoms with E-state index in [0.717, 1.165) is 15.6 Å². The van der Waals surface area contributed by atoms with Gasteiger partial charge in [0.1, 0.15) is 5.03 Å². The first kappa shape index (κ1) is 11.4. The Hall–Kier alpha value is -1.69. The Bertz CT molecular complexity index is 638. The van der Waals surface area contributed by atoms with Crippen molar-refractivity contribution in [2.75, 3.05) is 5.32 Å². The minimum Gasteiger partial charge on any atom is -0.337 e. The summed E-state index contributed by atoms with van der Waals surface area (Å²) in [5.74, 6) is 0.998. The number of anilines is 2. The van der Waals surface area contributed by atoms with Crippen LogP contribution in [-0.4, -0.2) is 14.9 Å². The van der Waals surface area contributed by atoms with Gasteiger partial charge < -0.3 is 5.32 Å². The summed E-state index contributed by atoms with van der Waals surface area (Å²) in [4.78, 5) is 18.0. The summed E-state index contributed by atoms with van der Waals surface area (Å²) in [6, 6.07) is 5.10. The molecular formula is C10H7N3O3PS+. The van der Waals surface area contributed by atoms with Gasteiger partial charge in [-0.2, -0.15) is 0 Å². The highest BCUT2D eigenvalue weighted by Crippen LogP contribution is 2.43. The summed E-state index contributed by atoms with van der Waals surface area (Å²) < 4.78 is 15.4. The van der Waals surface area contributed by atoms with Crippen molar-refractivity contribution in [1.29, 1.82) is 0 Å². The van der Waals surface area contributed by atoms with Gasteiger partial charge in [0.05, 0.1) is 5.69 Å². The van der Waals surface area contributed by atoms with Gasteiger partial charge in [-0.25, -0.2) is 14.5 Å². The molecule has 1 aromatic carbocycles. The Labute approximate surface area is 107 Å². The van der Waals surface area contributed by atoms with E-state index < -0.39 is 8.25 Å². The molecular weight excluding hydrogens is 273 g/mol. The molecule has 0 aliphatic carbocycles. The zero-order valence-electron chi connectivity index (χ0n) is 8.90. The molecule has 0 radical (unpaired) electrons. The average Bonchev–Trinajstić information content (AvgIpc) is 2.35. The van der Waals surface area contributed by atoms with Crippen molar-refractivity contribution in [2.45, 2.75) is 9.92 Å². The predicted molar refractivity (Wildman–Crippen MR) is 66.3 cm³/mol. The van der Waals surface area contributed by atoms with E-state index in [-0.39, 0.29) is 0 Å². The number of hydrogen-bond donors (Lipinski definition) is 2. The minimum absolute atomic E-state index is 0.331. The van der Waals surface area contributed by atoms with Crippen molar-refractivity contribution in [3.05, 3.63) is 30.6 Å². The van der Waals surface area contributed by atoms with Crippen LogP contribution in [0, 0.1) is 0 Å². The lowest BCUT2D eigenvalue weighted by atomic mass is 10.3. The Morgan fingerprint density at radius 1 is 1.33 bits per heavy atom. The SMILES string of the molecule is O=[P+](O)Oc1ccc2c(c1)Nc1nccnc1S2. The fourth-order valence-electron chi connectivity index (χ4n) is 1.56. The van der Waals surface area contributed by atoms with E-state index in [9.17, 15) is 4.57 Å². The van der Waals surface area contributed by atoms with Crippen LogP contribution in [0.25, 0.3) is 0 Å². The summed E-state index contributed by atoms with van der Waals surface area (Å²) in [7, 11) is -2.66. The zero-order chi connectivity index (χ0) is 12.5. The molecule has 0 saturated heterocycles. The van der Waals surface area contributed by atoms with Crippen LogP contribution in [0.1, 0.15) is 0 Å². The highest BCUT2D eigenvalue weighted by atomic mass is 32.2. The lowest BCUT2D eigenvalue weighted by molar-refractivity contribution is 0.410. The fraction of sp³-hybridized carbons (Fsp3) is 0. The van der Waals surface area contributed by atoms with Crippen LogP contribution in [0.15, 0.2) is 40.5 Å². The number of aromatic nitrogens is 2. The molecule has 8 heteroatoms. The topological polar surface area (TPSA) is 84.3 Å². The third-order valence-corrected chi connectivity index (χ3v) is 3.69. The molecule has 0 amide bonds. The van der Waals surface area contributed by atoms with Crippen molar-refractivity contribution < 1.29 is 14.0 Å². The van der Waals surface area contributed by atoms with Crippen LogP contribution in [-0.2, 0) is 4.57 Å². The van der Waals surface area contributed by atoms with Gasteiger partial charge in [0.15, 0.2) is 11.6 Å². The quantitative estimate of drug-likeness (QED) is 0.698. The van der Waals surface area contributed by atoms with Crippen molar-refractivity contribution >= 4 is 31.5 Å². The number of rotatable bonds is 2. The highest BCUT2D eigenvalue weighted by molar-refractivity contribution is 7.99. The molecule has 0 bridgehead atoms. The highest BCUT2D eigenvalue weighted by Gasteiger charge is 2.20. The lowest BCUT2D eigenvalue weighted by Crippen LogP contribution is -2.03. The van der Waals surface area contributed by atoms with Crippen molar-refractivity contribution in [3.63, 3.8) is 0 Å². The van der Waals surface area contributed by atoms with Gasteiger partial charge in [0, 0.05) is 27.9 Å². The maximum atomic E-state index is 10.6. The molecule has 0 spiro atoms. The monoisotopic (exact) mass is 280 g/mol. The van der Waals surface area contributed by atoms with E-state index in [4.69, 9.17) is 9.42 Å².